The van der Waals surface area contributed by atoms with Crippen LogP contribution < -0.4 is 5.32 Å². The zero-order chi connectivity index (χ0) is 18.8. The number of nitrogens with zero attached hydrogens (tertiary/aromatic N) is 3. The maximum Gasteiger partial charge on any atom is 0.0224 e. The maximum atomic E-state index is 3.55. The molecule has 7 fully saturated rings. The van der Waals surface area contributed by atoms with Gasteiger partial charge in [-0.05, 0) is 110 Å². The van der Waals surface area contributed by atoms with E-state index in [2.05, 4.69) is 41.2 Å². The van der Waals surface area contributed by atoms with Gasteiger partial charge in [-0.15, -0.1) is 0 Å². The van der Waals surface area contributed by atoms with Gasteiger partial charge < -0.3 is 20.0 Å². The molecular formula is C23H44N4. The number of hydrogen-bond acceptors (Lipinski definition) is 4. The number of piperidine rings is 3. The monoisotopic (exact) mass is 376 g/mol. The highest BCUT2D eigenvalue weighted by Crippen LogP contribution is 2.35. The summed E-state index contributed by atoms with van der Waals surface area (Å²) in [5, 5.41) is 3.55. The molecule has 6 saturated heterocycles. The number of fused-ring (bicyclic) bond motifs is 6. The zero-order valence-corrected chi connectivity index (χ0v) is 18.2. The van der Waals surface area contributed by atoms with Crippen molar-refractivity contribution in [2.75, 3.05) is 47.3 Å². The van der Waals surface area contributed by atoms with Crippen LogP contribution >= 0.6 is 0 Å². The Morgan fingerprint density at radius 2 is 1.30 bits per heavy atom. The fourth-order valence-corrected chi connectivity index (χ4v) is 6.69. The molecule has 0 amide bonds. The number of likely N-dealkylation sites (tertiary alicyclic amines) is 1. The molecule has 4 nitrogen and oxygen atoms in total. The molecule has 156 valence electrons. The van der Waals surface area contributed by atoms with Crippen LogP contribution in [0, 0.1) is 11.8 Å². The molecule has 2 atom stereocenters. The molecule has 4 bridgehead atoms. The van der Waals surface area contributed by atoms with Crippen LogP contribution in [-0.4, -0.2) is 86.2 Å². The van der Waals surface area contributed by atoms with Crippen molar-refractivity contribution in [1.29, 1.82) is 0 Å². The van der Waals surface area contributed by atoms with Gasteiger partial charge in [0.2, 0.25) is 0 Å². The molecule has 0 aromatic carbocycles. The molecule has 4 heteroatoms. The first-order valence-electron chi connectivity index (χ1n) is 11.9. The van der Waals surface area contributed by atoms with Crippen LogP contribution in [0.15, 0.2) is 0 Å². The molecule has 0 aromatic heterocycles. The van der Waals surface area contributed by atoms with Crippen molar-refractivity contribution in [2.24, 2.45) is 11.8 Å². The lowest BCUT2D eigenvalue weighted by Gasteiger charge is -2.43. The van der Waals surface area contributed by atoms with Crippen molar-refractivity contribution in [2.45, 2.75) is 88.4 Å². The summed E-state index contributed by atoms with van der Waals surface area (Å²) in [6.07, 6.45) is 14.7. The van der Waals surface area contributed by atoms with Crippen LogP contribution in [-0.2, 0) is 0 Å². The molecule has 7 rings (SSSR count). The molecule has 7 aliphatic rings. The van der Waals surface area contributed by atoms with E-state index in [0.29, 0.717) is 0 Å². The first-order valence-corrected chi connectivity index (χ1v) is 11.9. The van der Waals surface area contributed by atoms with E-state index in [-0.39, 0.29) is 0 Å². The van der Waals surface area contributed by atoms with Gasteiger partial charge in [0.05, 0.1) is 0 Å². The molecule has 0 radical (unpaired) electrons. The zero-order valence-electron chi connectivity index (χ0n) is 18.2. The molecular weight excluding hydrogens is 332 g/mol. The van der Waals surface area contributed by atoms with E-state index >= 15 is 0 Å². The standard InChI is InChI=1S/C8H16N2.C8H15N.C7H13N/c1-10-5-3-7-2-4-9-8(7)6-10;1-9-6-7-2-4-8(9)5-3-7;1-8-6-2-3-7(8)5-4-6/h7-9H,2-6H2,1H3;7-8H,2-6H2,1H3;6-7H,2-5H2,1H3. The lowest BCUT2D eigenvalue weighted by molar-refractivity contribution is 0.0727. The number of likely N-dealkylation sites (N-methyl/N-ethyl adjacent to an activating group) is 1. The first kappa shape index (κ1) is 20.1. The van der Waals surface area contributed by atoms with E-state index in [1.807, 2.05) is 0 Å². The van der Waals surface area contributed by atoms with Crippen molar-refractivity contribution >= 4 is 0 Å². The third-order valence-corrected chi connectivity index (χ3v) is 8.68. The van der Waals surface area contributed by atoms with Crippen LogP contribution in [0.3, 0.4) is 0 Å². The van der Waals surface area contributed by atoms with E-state index in [0.717, 1.165) is 36.0 Å². The minimum absolute atomic E-state index is 0.818. The van der Waals surface area contributed by atoms with E-state index in [4.69, 9.17) is 0 Å². The second kappa shape index (κ2) is 9.11. The van der Waals surface area contributed by atoms with Gasteiger partial charge in [0, 0.05) is 37.3 Å². The van der Waals surface area contributed by atoms with Crippen LogP contribution in [0.5, 0.6) is 0 Å². The van der Waals surface area contributed by atoms with Crippen molar-refractivity contribution in [3.63, 3.8) is 0 Å². The molecule has 27 heavy (non-hydrogen) atoms. The fraction of sp³-hybridized carbons (Fsp3) is 1.00. The molecule has 1 aliphatic carbocycles. The first-order chi connectivity index (χ1) is 13.1. The van der Waals surface area contributed by atoms with E-state index in [1.54, 1.807) is 0 Å². The Balaban J connectivity index is 0.000000101. The van der Waals surface area contributed by atoms with Gasteiger partial charge in [-0.25, -0.2) is 0 Å². The smallest absolute Gasteiger partial charge is 0.0224 e. The summed E-state index contributed by atoms with van der Waals surface area (Å²) in [5.74, 6) is 2.05. The molecule has 0 aromatic rings. The predicted molar refractivity (Wildman–Crippen MR) is 114 cm³/mol. The molecule has 0 spiro atoms. The summed E-state index contributed by atoms with van der Waals surface area (Å²) in [5.41, 5.74) is 0. The predicted octanol–water partition coefficient (Wildman–Crippen LogP) is 3.03. The number of nitrogens with one attached hydrogen (secondary N) is 1. The molecule has 1 N–H and O–H groups in total. The average Bonchev–Trinajstić information content (AvgIpc) is 3.39. The Morgan fingerprint density at radius 3 is 1.74 bits per heavy atom. The van der Waals surface area contributed by atoms with Gasteiger partial charge in [0.1, 0.15) is 0 Å². The molecule has 6 heterocycles. The summed E-state index contributed by atoms with van der Waals surface area (Å²) in [7, 11) is 6.77. The highest BCUT2D eigenvalue weighted by Gasteiger charge is 2.36. The van der Waals surface area contributed by atoms with Crippen LogP contribution in [0.1, 0.15) is 64.2 Å². The second-order valence-corrected chi connectivity index (χ2v) is 10.4. The topological polar surface area (TPSA) is 21.8 Å². The van der Waals surface area contributed by atoms with Crippen LogP contribution in [0.4, 0.5) is 0 Å². The Kier molecular flexibility index (Phi) is 6.79. The summed E-state index contributed by atoms with van der Waals surface area (Å²) in [6.45, 7) is 5.21. The summed E-state index contributed by atoms with van der Waals surface area (Å²) < 4.78 is 0. The van der Waals surface area contributed by atoms with Crippen molar-refractivity contribution in [1.82, 2.24) is 20.0 Å². The Bertz CT molecular complexity index is 441. The van der Waals surface area contributed by atoms with Gasteiger partial charge in [0.25, 0.3) is 0 Å². The third-order valence-electron chi connectivity index (χ3n) is 8.68. The SMILES string of the molecule is CN1C2CCC1CC2.CN1CC2CCC1CC2.CN1CCC2CCNC2C1. The van der Waals surface area contributed by atoms with Gasteiger partial charge in [0.15, 0.2) is 0 Å². The van der Waals surface area contributed by atoms with E-state index in [9.17, 15) is 0 Å². The van der Waals surface area contributed by atoms with Gasteiger partial charge in [-0.2, -0.15) is 0 Å². The average molecular weight is 377 g/mol. The van der Waals surface area contributed by atoms with Gasteiger partial charge >= 0.3 is 0 Å². The normalized spacial score (nSPS) is 43.7. The summed E-state index contributed by atoms with van der Waals surface area (Å²) in [6, 6.07) is 3.72. The number of rotatable bonds is 0. The van der Waals surface area contributed by atoms with Gasteiger partial charge in [-0.3, -0.25) is 0 Å². The van der Waals surface area contributed by atoms with E-state index in [1.165, 1.54) is 90.4 Å². The van der Waals surface area contributed by atoms with Crippen molar-refractivity contribution < 1.29 is 0 Å². The molecule has 2 unspecified atom stereocenters. The fourth-order valence-electron chi connectivity index (χ4n) is 6.69. The lowest BCUT2D eigenvalue weighted by atomic mass is 9.80. The minimum Gasteiger partial charge on any atom is -0.312 e. The molecule has 1 saturated carbocycles. The molecule has 6 aliphatic heterocycles. The second-order valence-electron chi connectivity index (χ2n) is 10.4. The number of hydrogen-bond donors (Lipinski definition) is 1. The Labute approximate surface area is 168 Å². The lowest BCUT2D eigenvalue weighted by Crippen LogP contribution is -2.45. The van der Waals surface area contributed by atoms with Crippen molar-refractivity contribution in [3.05, 3.63) is 0 Å². The Morgan fingerprint density at radius 1 is 0.667 bits per heavy atom. The quantitative estimate of drug-likeness (QED) is 0.701. The van der Waals surface area contributed by atoms with E-state index < -0.39 is 0 Å². The Hall–Kier alpha value is -0.160. The van der Waals surface area contributed by atoms with Crippen LogP contribution in [0.2, 0.25) is 0 Å². The van der Waals surface area contributed by atoms with Crippen molar-refractivity contribution in [3.8, 4) is 0 Å². The highest BCUT2D eigenvalue weighted by atomic mass is 15.2. The minimum atomic E-state index is 0.818. The van der Waals surface area contributed by atoms with Gasteiger partial charge in [-0.1, -0.05) is 0 Å². The summed E-state index contributed by atoms with van der Waals surface area (Å²) in [4.78, 5) is 7.52. The maximum absolute atomic E-state index is 3.55. The summed E-state index contributed by atoms with van der Waals surface area (Å²) >= 11 is 0. The van der Waals surface area contributed by atoms with Crippen LogP contribution in [0.25, 0.3) is 0 Å². The third kappa shape index (κ3) is 4.88. The largest absolute Gasteiger partial charge is 0.312 e. The highest BCUT2D eigenvalue weighted by molar-refractivity contribution is 4.92.